The summed E-state index contributed by atoms with van der Waals surface area (Å²) < 4.78 is 5.57. The SMILES string of the molecule is CCCNC(c1ccccc1C1CCC1)C1CCOCC1. The monoisotopic (exact) mass is 287 g/mol. The molecule has 2 aliphatic rings. The Morgan fingerprint density at radius 3 is 2.57 bits per heavy atom. The molecule has 1 saturated carbocycles. The van der Waals surface area contributed by atoms with Crippen molar-refractivity contribution in [3.63, 3.8) is 0 Å². The van der Waals surface area contributed by atoms with E-state index in [-0.39, 0.29) is 0 Å². The van der Waals surface area contributed by atoms with Gasteiger partial charge in [-0.05, 0) is 61.6 Å². The summed E-state index contributed by atoms with van der Waals surface area (Å²) >= 11 is 0. The largest absolute Gasteiger partial charge is 0.381 e. The molecule has 0 bridgehead atoms. The molecule has 0 amide bonds. The molecule has 1 aromatic rings. The summed E-state index contributed by atoms with van der Waals surface area (Å²) in [5.41, 5.74) is 3.19. The minimum Gasteiger partial charge on any atom is -0.381 e. The lowest BCUT2D eigenvalue weighted by atomic mass is 9.75. The van der Waals surface area contributed by atoms with Crippen molar-refractivity contribution in [1.82, 2.24) is 5.32 Å². The molecule has 2 fully saturated rings. The zero-order valence-corrected chi connectivity index (χ0v) is 13.3. The second-order valence-corrected chi connectivity index (χ2v) is 6.64. The van der Waals surface area contributed by atoms with E-state index in [1.54, 1.807) is 11.1 Å². The molecule has 1 N–H and O–H groups in total. The maximum atomic E-state index is 5.57. The number of nitrogens with one attached hydrogen (secondary N) is 1. The van der Waals surface area contributed by atoms with Gasteiger partial charge in [0, 0.05) is 19.3 Å². The van der Waals surface area contributed by atoms with Crippen LogP contribution in [-0.4, -0.2) is 19.8 Å². The molecule has 1 atom stereocenters. The molecule has 1 aliphatic heterocycles. The smallest absolute Gasteiger partial charge is 0.0469 e. The quantitative estimate of drug-likeness (QED) is 0.836. The molecule has 0 spiro atoms. The molecule has 0 radical (unpaired) electrons. The van der Waals surface area contributed by atoms with Crippen LogP contribution in [0.1, 0.15) is 68.5 Å². The lowest BCUT2D eigenvalue weighted by molar-refractivity contribution is 0.0534. The topological polar surface area (TPSA) is 21.3 Å². The first-order chi connectivity index (χ1) is 10.4. The van der Waals surface area contributed by atoms with Gasteiger partial charge in [0.1, 0.15) is 0 Å². The highest BCUT2D eigenvalue weighted by Gasteiger charge is 2.29. The Morgan fingerprint density at radius 2 is 1.90 bits per heavy atom. The Labute approximate surface area is 129 Å². The number of rotatable bonds is 6. The number of hydrogen-bond acceptors (Lipinski definition) is 2. The average Bonchev–Trinajstić information content (AvgIpc) is 2.48. The fourth-order valence-corrected chi connectivity index (χ4v) is 3.76. The Hall–Kier alpha value is -0.860. The van der Waals surface area contributed by atoms with Gasteiger partial charge in [0.15, 0.2) is 0 Å². The van der Waals surface area contributed by atoms with Gasteiger partial charge in [0.05, 0.1) is 0 Å². The molecule has 3 rings (SSSR count). The first-order valence-electron chi connectivity index (χ1n) is 8.80. The van der Waals surface area contributed by atoms with E-state index in [0.29, 0.717) is 6.04 Å². The van der Waals surface area contributed by atoms with E-state index in [2.05, 4.69) is 36.5 Å². The molecule has 1 saturated heterocycles. The molecule has 1 unspecified atom stereocenters. The highest BCUT2D eigenvalue weighted by Crippen LogP contribution is 2.41. The standard InChI is InChI=1S/C19H29NO/c1-2-12-20-19(16-10-13-21-14-11-16)18-9-4-3-8-17(18)15-6-5-7-15/h3-4,8-9,15-16,19-20H,2,5-7,10-14H2,1H3. The van der Waals surface area contributed by atoms with Gasteiger partial charge < -0.3 is 10.1 Å². The predicted molar refractivity (Wildman–Crippen MR) is 87.6 cm³/mol. The van der Waals surface area contributed by atoms with Crippen molar-refractivity contribution in [2.75, 3.05) is 19.8 Å². The first-order valence-corrected chi connectivity index (χ1v) is 8.80. The second-order valence-electron chi connectivity index (χ2n) is 6.64. The number of hydrogen-bond donors (Lipinski definition) is 1. The Morgan fingerprint density at radius 1 is 1.14 bits per heavy atom. The van der Waals surface area contributed by atoms with Crippen molar-refractivity contribution < 1.29 is 4.74 Å². The van der Waals surface area contributed by atoms with Crippen LogP contribution in [0.5, 0.6) is 0 Å². The molecule has 1 aliphatic carbocycles. The van der Waals surface area contributed by atoms with Gasteiger partial charge in [-0.2, -0.15) is 0 Å². The van der Waals surface area contributed by atoms with Gasteiger partial charge in [-0.3, -0.25) is 0 Å². The third-order valence-corrected chi connectivity index (χ3v) is 5.23. The van der Waals surface area contributed by atoms with E-state index < -0.39 is 0 Å². The van der Waals surface area contributed by atoms with Crippen LogP contribution in [0.3, 0.4) is 0 Å². The summed E-state index contributed by atoms with van der Waals surface area (Å²) in [6.45, 7) is 5.23. The lowest BCUT2D eigenvalue weighted by Gasteiger charge is -2.35. The fourth-order valence-electron chi connectivity index (χ4n) is 3.76. The second kappa shape index (κ2) is 7.42. The van der Waals surface area contributed by atoms with Crippen LogP contribution in [0.25, 0.3) is 0 Å². The van der Waals surface area contributed by atoms with Gasteiger partial charge in [0.2, 0.25) is 0 Å². The minimum atomic E-state index is 0.519. The van der Waals surface area contributed by atoms with Crippen LogP contribution in [0, 0.1) is 5.92 Å². The molecule has 1 heterocycles. The Bertz CT molecular complexity index is 435. The van der Waals surface area contributed by atoms with Crippen LogP contribution in [0.4, 0.5) is 0 Å². The van der Waals surface area contributed by atoms with E-state index in [1.807, 2.05) is 0 Å². The van der Waals surface area contributed by atoms with E-state index in [1.165, 1.54) is 38.5 Å². The Balaban J connectivity index is 1.84. The highest BCUT2D eigenvalue weighted by molar-refractivity contribution is 5.34. The molecule has 2 heteroatoms. The van der Waals surface area contributed by atoms with Crippen molar-refractivity contribution in [2.24, 2.45) is 5.92 Å². The number of ether oxygens (including phenoxy) is 1. The average molecular weight is 287 g/mol. The zero-order chi connectivity index (χ0) is 14.5. The van der Waals surface area contributed by atoms with Crippen molar-refractivity contribution in [1.29, 1.82) is 0 Å². The van der Waals surface area contributed by atoms with Crippen LogP contribution in [0.2, 0.25) is 0 Å². The first kappa shape index (κ1) is 15.1. The van der Waals surface area contributed by atoms with Crippen LogP contribution >= 0.6 is 0 Å². The van der Waals surface area contributed by atoms with Gasteiger partial charge in [-0.25, -0.2) is 0 Å². The molecular weight excluding hydrogens is 258 g/mol. The summed E-state index contributed by atoms with van der Waals surface area (Å²) in [4.78, 5) is 0. The van der Waals surface area contributed by atoms with Crippen LogP contribution in [0.15, 0.2) is 24.3 Å². The molecular formula is C19H29NO. The summed E-state index contributed by atoms with van der Waals surface area (Å²) in [5.74, 6) is 1.54. The molecule has 1 aromatic carbocycles. The van der Waals surface area contributed by atoms with Gasteiger partial charge in [0.25, 0.3) is 0 Å². The maximum absolute atomic E-state index is 5.57. The van der Waals surface area contributed by atoms with E-state index >= 15 is 0 Å². The summed E-state index contributed by atoms with van der Waals surface area (Å²) in [6.07, 6.45) is 7.76. The number of benzene rings is 1. The Kier molecular flexibility index (Phi) is 5.32. The third kappa shape index (κ3) is 3.49. The van der Waals surface area contributed by atoms with Crippen LogP contribution < -0.4 is 5.32 Å². The van der Waals surface area contributed by atoms with Gasteiger partial charge in [-0.1, -0.05) is 37.6 Å². The lowest BCUT2D eigenvalue weighted by Crippen LogP contribution is -2.33. The van der Waals surface area contributed by atoms with Crippen molar-refractivity contribution in [3.05, 3.63) is 35.4 Å². The molecule has 116 valence electrons. The van der Waals surface area contributed by atoms with Crippen molar-refractivity contribution >= 4 is 0 Å². The summed E-state index contributed by atoms with van der Waals surface area (Å²) in [6, 6.07) is 9.70. The normalized spacial score (nSPS) is 22.0. The summed E-state index contributed by atoms with van der Waals surface area (Å²) in [5, 5.41) is 3.84. The fraction of sp³-hybridized carbons (Fsp3) is 0.684. The molecule has 21 heavy (non-hydrogen) atoms. The van der Waals surface area contributed by atoms with Crippen LogP contribution in [-0.2, 0) is 4.74 Å². The summed E-state index contributed by atoms with van der Waals surface area (Å²) in [7, 11) is 0. The molecule has 0 aromatic heterocycles. The predicted octanol–water partition coefficient (Wildman–Crippen LogP) is 4.42. The molecule has 2 nitrogen and oxygen atoms in total. The van der Waals surface area contributed by atoms with Gasteiger partial charge >= 0.3 is 0 Å². The van der Waals surface area contributed by atoms with Crippen molar-refractivity contribution in [3.8, 4) is 0 Å². The minimum absolute atomic E-state index is 0.519. The zero-order valence-electron chi connectivity index (χ0n) is 13.3. The van der Waals surface area contributed by atoms with Crippen molar-refractivity contribution in [2.45, 2.75) is 57.4 Å². The maximum Gasteiger partial charge on any atom is 0.0469 e. The van der Waals surface area contributed by atoms with E-state index in [4.69, 9.17) is 4.74 Å². The van der Waals surface area contributed by atoms with Gasteiger partial charge in [-0.15, -0.1) is 0 Å². The third-order valence-electron chi connectivity index (χ3n) is 5.23. The van der Waals surface area contributed by atoms with E-state index in [9.17, 15) is 0 Å². The van der Waals surface area contributed by atoms with E-state index in [0.717, 1.165) is 31.6 Å². The highest BCUT2D eigenvalue weighted by atomic mass is 16.5.